The predicted octanol–water partition coefficient (Wildman–Crippen LogP) is 6.79. The van der Waals surface area contributed by atoms with Crippen molar-refractivity contribution in [2.45, 2.75) is 84.8 Å². The van der Waals surface area contributed by atoms with E-state index in [-0.39, 0.29) is 23.9 Å². The summed E-state index contributed by atoms with van der Waals surface area (Å²) >= 11 is 0. The maximum atomic E-state index is 13.4. The van der Waals surface area contributed by atoms with E-state index in [1.165, 1.54) is 6.08 Å². The van der Waals surface area contributed by atoms with Crippen LogP contribution >= 0.6 is 0 Å². The first kappa shape index (κ1) is 29.1. The molecule has 36 heavy (non-hydrogen) atoms. The monoisotopic (exact) mass is 490 g/mol. The third-order valence-corrected chi connectivity index (χ3v) is 6.10. The van der Waals surface area contributed by atoms with Crippen molar-refractivity contribution in [3.05, 3.63) is 96.6 Å². The van der Waals surface area contributed by atoms with Gasteiger partial charge in [-0.1, -0.05) is 72.8 Å². The highest BCUT2D eigenvalue weighted by Crippen LogP contribution is 2.23. The Morgan fingerprint density at radius 1 is 0.889 bits per heavy atom. The maximum absolute atomic E-state index is 13.4. The Labute approximate surface area is 217 Å². The van der Waals surface area contributed by atoms with Crippen LogP contribution in [0.4, 0.5) is 4.79 Å². The number of amides is 1. The molecule has 0 spiro atoms. The van der Waals surface area contributed by atoms with Crippen LogP contribution in [0.25, 0.3) is 0 Å². The van der Waals surface area contributed by atoms with Crippen molar-refractivity contribution in [3.63, 3.8) is 0 Å². The summed E-state index contributed by atoms with van der Waals surface area (Å²) in [6.07, 6.45) is 4.98. The quantitative estimate of drug-likeness (QED) is 0.216. The highest BCUT2D eigenvalue weighted by Gasteiger charge is 2.36. The minimum absolute atomic E-state index is 0.0497. The summed E-state index contributed by atoms with van der Waals surface area (Å²) in [5, 5.41) is 0. The summed E-state index contributed by atoms with van der Waals surface area (Å²) in [6.45, 7) is 14.8. The van der Waals surface area contributed by atoms with Gasteiger partial charge in [0, 0.05) is 25.2 Å². The molecule has 0 N–H and O–H groups in total. The van der Waals surface area contributed by atoms with Crippen LogP contribution in [0, 0.1) is 0 Å². The lowest BCUT2D eigenvalue weighted by Crippen LogP contribution is -2.51. The number of hydrogen-bond donors (Lipinski definition) is 0. The summed E-state index contributed by atoms with van der Waals surface area (Å²) < 4.78 is 6.08. The molecule has 2 rings (SSSR count). The smallest absolute Gasteiger partial charge is 0.411 e. The third kappa shape index (κ3) is 8.80. The topological polar surface area (TPSA) is 49.9 Å². The van der Waals surface area contributed by atoms with Gasteiger partial charge in [-0.05, 0) is 64.7 Å². The van der Waals surface area contributed by atoms with Crippen LogP contribution in [-0.4, -0.2) is 45.9 Å². The highest BCUT2D eigenvalue weighted by molar-refractivity contribution is 5.95. The van der Waals surface area contributed by atoms with E-state index in [1.54, 1.807) is 17.9 Å². The molecule has 194 valence electrons. The van der Waals surface area contributed by atoms with E-state index in [2.05, 4.69) is 35.7 Å². The lowest BCUT2D eigenvalue weighted by atomic mass is 9.97. The molecule has 2 atom stereocenters. The van der Waals surface area contributed by atoms with Crippen molar-refractivity contribution < 1.29 is 14.3 Å². The lowest BCUT2D eigenvalue weighted by molar-refractivity contribution is -0.128. The molecule has 0 saturated heterocycles. The Morgan fingerprint density at radius 3 is 1.81 bits per heavy atom. The molecule has 0 heterocycles. The van der Waals surface area contributed by atoms with E-state index < -0.39 is 12.2 Å². The van der Waals surface area contributed by atoms with Gasteiger partial charge in [0.2, 0.25) is 0 Å². The number of nitrogens with zero attached hydrogens (tertiary/aromatic N) is 2. The van der Waals surface area contributed by atoms with Gasteiger partial charge >= 0.3 is 6.09 Å². The molecule has 0 fully saturated rings. The van der Waals surface area contributed by atoms with Gasteiger partial charge in [-0.15, -0.1) is 6.58 Å². The van der Waals surface area contributed by atoms with Crippen LogP contribution in [0.2, 0.25) is 0 Å². The molecule has 0 unspecified atom stereocenters. The SMILES string of the molecule is C=CCC[C@@H]([C@H](OC(=O)N(C(C)C)C(C)C)C(=O)/C=C\C)N(Cc1ccccc1)Cc1ccccc1. The predicted molar refractivity (Wildman–Crippen MR) is 148 cm³/mol. The summed E-state index contributed by atoms with van der Waals surface area (Å²) in [4.78, 5) is 30.7. The minimum atomic E-state index is -0.943. The fourth-order valence-corrected chi connectivity index (χ4v) is 4.51. The fourth-order valence-electron chi connectivity index (χ4n) is 4.51. The molecule has 0 radical (unpaired) electrons. The van der Waals surface area contributed by atoms with Crippen molar-refractivity contribution in [2.24, 2.45) is 0 Å². The first-order chi connectivity index (χ1) is 17.3. The number of rotatable bonds is 14. The Hall–Kier alpha value is -3.18. The number of hydrogen-bond acceptors (Lipinski definition) is 4. The van der Waals surface area contributed by atoms with E-state index in [4.69, 9.17) is 4.74 Å². The minimum Gasteiger partial charge on any atom is -0.436 e. The molecule has 0 saturated carbocycles. The first-order valence-corrected chi connectivity index (χ1v) is 12.9. The van der Waals surface area contributed by atoms with E-state index in [0.717, 1.165) is 11.1 Å². The fraction of sp³-hybridized carbons (Fsp3) is 0.419. The van der Waals surface area contributed by atoms with Gasteiger partial charge < -0.3 is 9.64 Å². The number of allylic oxidation sites excluding steroid dienone is 2. The Balaban J connectivity index is 2.52. The van der Waals surface area contributed by atoms with E-state index in [0.29, 0.717) is 25.9 Å². The second-order valence-electron chi connectivity index (χ2n) is 9.61. The van der Waals surface area contributed by atoms with E-state index in [9.17, 15) is 9.59 Å². The van der Waals surface area contributed by atoms with Gasteiger partial charge in [0.05, 0.1) is 6.04 Å². The molecule has 2 aromatic rings. The van der Waals surface area contributed by atoms with Crippen LogP contribution in [-0.2, 0) is 22.6 Å². The second kappa shape index (κ2) is 15.0. The van der Waals surface area contributed by atoms with Crippen LogP contribution in [0.5, 0.6) is 0 Å². The van der Waals surface area contributed by atoms with Gasteiger partial charge in [0.25, 0.3) is 0 Å². The van der Waals surface area contributed by atoms with Gasteiger partial charge in [-0.3, -0.25) is 9.69 Å². The van der Waals surface area contributed by atoms with Crippen LogP contribution in [0.3, 0.4) is 0 Å². The summed E-state index contributed by atoms with van der Waals surface area (Å²) in [5.41, 5.74) is 2.26. The average Bonchev–Trinajstić information content (AvgIpc) is 2.84. The zero-order valence-corrected chi connectivity index (χ0v) is 22.5. The molecule has 5 nitrogen and oxygen atoms in total. The molecule has 2 aromatic carbocycles. The van der Waals surface area contributed by atoms with Crippen LogP contribution in [0.15, 0.2) is 85.5 Å². The van der Waals surface area contributed by atoms with Gasteiger partial charge in [0.15, 0.2) is 11.9 Å². The van der Waals surface area contributed by atoms with Crippen molar-refractivity contribution >= 4 is 11.9 Å². The van der Waals surface area contributed by atoms with Crippen molar-refractivity contribution in [3.8, 4) is 0 Å². The second-order valence-corrected chi connectivity index (χ2v) is 9.61. The summed E-state index contributed by atoms with van der Waals surface area (Å²) in [7, 11) is 0. The van der Waals surface area contributed by atoms with Crippen molar-refractivity contribution in [1.82, 2.24) is 9.80 Å². The molecular weight excluding hydrogens is 448 g/mol. The zero-order chi connectivity index (χ0) is 26.5. The molecule has 1 amide bonds. The first-order valence-electron chi connectivity index (χ1n) is 12.9. The molecule has 0 aliphatic rings. The largest absolute Gasteiger partial charge is 0.436 e. The number of ether oxygens (including phenoxy) is 1. The molecule has 5 heteroatoms. The van der Waals surface area contributed by atoms with Gasteiger partial charge in [-0.2, -0.15) is 0 Å². The van der Waals surface area contributed by atoms with Crippen LogP contribution in [0.1, 0.15) is 58.6 Å². The number of benzene rings is 2. The number of carbonyl (C=O) groups excluding carboxylic acids is 2. The molecule has 0 aliphatic carbocycles. The van der Waals surface area contributed by atoms with E-state index >= 15 is 0 Å². The van der Waals surface area contributed by atoms with E-state index in [1.807, 2.05) is 70.2 Å². The van der Waals surface area contributed by atoms with Crippen molar-refractivity contribution in [2.75, 3.05) is 0 Å². The lowest BCUT2D eigenvalue weighted by Gasteiger charge is -2.38. The van der Waals surface area contributed by atoms with Crippen LogP contribution < -0.4 is 0 Å². The molecule has 0 aromatic heterocycles. The number of ketones is 1. The normalized spacial score (nSPS) is 13.2. The van der Waals surface area contributed by atoms with Gasteiger partial charge in [-0.25, -0.2) is 4.79 Å². The summed E-state index contributed by atoms with van der Waals surface area (Å²) in [6, 6.07) is 19.9. The standard InChI is InChI=1S/C31H42N2O3/c1-7-9-21-28(30(29(34)16-8-2)36-31(35)33(24(3)4)25(5)6)32(22-26-17-12-10-13-18-26)23-27-19-14-11-15-20-27/h7-8,10-20,24-25,28,30H,1,9,21-23H2,2-6H3/b16-8-/t28-,30-/m0/s1. The Kier molecular flexibility index (Phi) is 12.1. The summed E-state index contributed by atoms with van der Waals surface area (Å²) in [5.74, 6) is -0.210. The zero-order valence-electron chi connectivity index (χ0n) is 22.5. The maximum Gasteiger partial charge on any atom is 0.411 e. The molecule has 0 aliphatic heterocycles. The Morgan fingerprint density at radius 2 is 1.39 bits per heavy atom. The average molecular weight is 491 g/mol. The number of carbonyl (C=O) groups is 2. The molecular formula is C31H42N2O3. The highest BCUT2D eigenvalue weighted by atomic mass is 16.6. The van der Waals surface area contributed by atoms with Crippen molar-refractivity contribution in [1.29, 1.82) is 0 Å². The van der Waals surface area contributed by atoms with Gasteiger partial charge in [0.1, 0.15) is 0 Å². The molecule has 0 bridgehead atoms. The third-order valence-electron chi connectivity index (χ3n) is 6.10. The Bertz CT molecular complexity index is 920.